The van der Waals surface area contributed by atoms with Crippen LogP contribution >= 0.6 is 0 Å². The molecular weight excluding hydrogens is 234 g/mol. The second kappa shape index (κ2) is 3.82. The van der Waals surface area contributed by atoms with Gasteiger partial charge in [-0.15, -0.1) is 0 Å². The molecule has 0 fully saturated rings. The molecule has 19 heavy (non-hydrogen) atoms. The molecule has 0 radical (unpaired) electrons. The summed E-state index contributed by atoms with van der Waals surface area (Å²) in [6, 6.07) is 12.8. The van der Waals surface area contributed by atoms with Gasteiger partial charge in [0.15, 0.2) is 0 Å². The molecule has 1 N–H and O–H groups in total. The highest BCUT2D eigenvalue weighted by Crippen LogP contribution is 2.31. The summed E-state index contributed by atoms with van der Waals surface area (Å²) >= 11 is 0. The summed E-state index contributed by atoms with van der Waals surface area (Å²) in [4.78, 5) is 11.4. The molecule has 92 valence electrons. The van der Waals surface area contributed by atoms with Gasteiger partial charge >= 0.3 is 0 Å². The first kappa shape index (κ1) is 10.6. The molecule has 0 spiro atoms. The van der Waals surface area contributed by atoms with E-state index in [0.29, 0.717) is 6.42 Å². The molecule has 0 unspecified atom stereocenters. The number of hydrogen-bond donors (Lipinski definition) is 1. The third-order valence-electron chi connectivity index (χ3n) is 3.85. The summed E-state index contributed by atoms with van der Waals surface area (Å²) in [6.07, 6.45) is 5.91. The Morgan fingerprint density at radius 2 is 1.74 bits per heavy atom. The van der Waals surface area contributed by atoms with Crippen molar-refractivity contribution in [2.75, 3.05) is 5.32 Å². The van der Waals surface area contributed by atoms with Gasteiger partial charge in [0.25, 0.3) is 0 Å². The molecule has 2 heteroatoms. The van der Waals surface area contributed by atoms with E-state index in [1.807, 2.05) is 6.07 Å². The molecule has 2 aromatic carbocycles. The van der Waals surface area contributed by atoms with Crippen LogP contribution < -0.4 is 5.32 Å². The van der Waals surface area contributed by atoms with Crippen molar-refractivity contribution in [2.24, 2.45) is 0 Å². The number of anilines is 1. The minimum absolute atomic E-state index is 0.0871. The van der Waals surface area contributed by atoms with Crippen molar-refractivity contribution in [3.8, 4) is 11.1 Å². The van der Waals surface area contributed by atoms with Crippen LogP contribution in [0.5, 0.6) is 0 Å². The third kappa shape index (κ3) is 1.68. The first-order chi connectivity index (χ1) is 9.29. The van der Waals surface area contributed by atoms with Crippen molar-refractivity contribution in [3.63, 3.8) is 0 Å². The van der Waals surface area contributed by atoms with Gasteiger partial charge in [-0.1, -0.05) is 36.4 Å². The fourth-order valence-electron chi connectivity index (χ4n) is 2.82. The van der Waals surface area contributed by atoms with Crippen LogP contribution in [0.1, 0.15) is 16.7 Å². The van der Waals surface area contributed by atoms with Crippen molar-refractivity contribution in [1.29, 1.82) is 0 Å². The smallest absolute Gasteiger partial charge is 0.228 e. The van der Waals surface area contributed by atoms with Crippen LogP contribution in [-0.2, 0) is 17.6 Å². The van der Waals surface area contributed by atoms with E-state index < -0.39 is 0 Å². The monoisotopic (exact) mass is 247 g/mol. The van der Waals surface area contributed by atoms with Crippen LogP contribution in [0.25, 0.3) is 17.2 Å². The Morgan fingerprint density at radius 1 is 0.947 bits per heavy atom. The third-order valence-corrected chi connectivity index (χ3v) is 3.85. The highest BCUT2D eigenvalue weighted by atomic mass is 16.1. The van der Waals surface area contributed by atoms with Crippen LogP contribution in [0.4, 0.5) is 5.69 Å². The minimum Gasteiger partial charge on any atom is -0.326 e. The number of hydrogen-bond acceptors (Lipinski definition) is 1. The van der Waals surface area contributed by atoms with Gasteiger partial charge in [-0.05, 0) is 46.4 Å². The summed E-state index contributed by atoms with van der Waals surface area (Å²) in [6.45, 7) is 0. The van der Waals surface area contributed by atoms with Gasteiger partial charge in [-0.2, -0.15) is 0 Å². The molecule has 2 aromatic rings. The molecule has 1 amide bonds. The van der Waals surface area contributed by atoms with E-state index in [-0.39, 0.29) is 5.91 Å². The number of allylic oxidation sites excluding steroid dienone is 1. The quantitative estimate of drug-likeness (QED) is 0.822. The van der Waals surface area contributed by atoms with Crippen molar-refractivity contribution < 1.29 is 4.79 Å². The highest BCUT2D eigenvalue weighted by Gasteiger charge is 2.17. The maximum atomic E-state index is 11.4. The number of nitrogens with one attached hydrogen (secondary N) is 1. The molecule has 0 saturated carbocycles. The topological polar surface area (TPSA) is 29.1 Å². The number of amides is 1. The van der Waals surface area contributed by atoms with Gasteiger partial charge in [0.05, 0.1) is 6.42 Å². The molecule has 0 saturated heterocycles. The predicted octanol–water partition coefficient (Wildman–Crippen LogP) is 3.42. The molecule has 0 aromatic heterocycles. The molecule has 0 atom stereocenters. The number of benzene rings is 2. The lowest BCUT2D eigenvalue weighted by Gasteiger charge is -2.07. The number of carbonyl (C=O) groups is 1. The zero-order valence-electron chi connectivity index (χ0n) is 10.4. The maximum Gasteiger partial charge on any atom is 0.228 e. The normalized spacial score (nSPS) is 15.3. The van der Waals surface area contributed by atoms with Gasteiger partial charge in [-0.25, -0.2) is 0 Å². The van der Waals surface area contributed by atoms with Crippen LogP contribution in [0, 0.1) is 0 Å². The van der Waals surface area contributed by atoms with Crippen LogP contribution in [0.15, 0.2) is 42.5 Å². The van der Waals surface area contributed by atoms with Crippen molar-refractivity contribution >= 4 is 17.7 Å². The van der Waals surface area contributed by atoms with Gasteiger partial charge in [0, 0.05) is 5.69 Å². The predicted molar refractivity (Wildman–Crippen MR) is 76.9 cm³/mol. The summed E-state index contributed by atoms with van der Waals surface area (Å²) in [5, 5.41) is 2.91. The Morgan fingerprint density at radius 3 is 2.63 bits per heavy atom. The zero-order chi connectivity index (χ0) is 12.8. The Hall–Kier alpha value is -2.35. The highest BCUT2D eigenvalue weighted by molar-refractivity contribution is 6.00. The molecule has 2 nitrogen and oxygen atoms in total. The molecule has 4 rings (SSSR count). The van der Waals surface area contributed by atoms with Crippen LogP contribution in [-0.4, -0.2) is 5.91 Å². The first-order valence-corrected chi connectivity index (χ1v) is 6.52. The maximum absolute atomic E-state index is 11.4. The molecule has 1 heterocycles. The van der Waals surface area contributed by atoms with Crippen LogP contribution in [0.2, 0.25) is 0 Å². The lowest BCUT2D eigenvalue weighted by Crippen LogP contribution is -2.03. The van der Waals surface area contributed by atoms with Gasteiger partial charge in [0.2, 0.25) is 5.91 Å². The number of carbonyl (C=O) groups excluding carboxylic acids is 1. The number of rotatable bonds is 1. The Labute approximate surface area is 111 Å². The van der Waals surface area contributed by atoms with Crippen molar-refractivity contribution in [2.45, 2.75) is 12.8 Å². The standard InChI is InChI=1S/C17H13NO/c19-17-10-15-7-6-14(9-16(15)18-17)13-5-4-11-2-1-3-12(11)8-13/h1,3-9H,2,10H2,(H,18,19). The average Bonchev–Trinajstić information content (AvgIpc) is 3.01. The van der Waals surface area contributed by atoms with Crippen molar-refractivity contribution in [3.05, 3.63) is 59.2 Å². The Bertz CT molecular complexity index is 728. The average molecular weight is 247 g/mol. The summed E-state index contributed by atoms with van der Waals surface area (Å²) in [7, 11) is 0. The molecule has 1 aliphatic carbocycles. The largest absolute Gasteiger partial charge is 0.326 e. The first-order valence-electron chi connectivity index (χ1n) is 6.52. The second-order valence-electron chi connectivity index (χ2n) is 5.12. The van der Waals surface area contributed by atoms with E-state index in [1.165, 1.54) is 16.7 Å². The summed E-state index contributed by atoms with van der Waals surface area (Å²) in [5.74, 6) is 0.0871. The minimum atomic E-state index is 0.0871. The SMILES string of the molecule is O=C1Cc2ccc(-c3ccc4c(c3)C=CC4)cc2N1. The van der Waals surface area contributed by atoms with E-state index in [4.69, 9.17) is 0 Å². The Balaban J connectivity index is 1.79. The fraction of sp³-hybridized carbons (Fsp3) is 0.118. The molecule has 2 aliphatic rings. The summed E-state index contributed by atoms with van der Waals surface area (Å²) < 4.78 is 0. The number of fused-ring (bicyclic) bond motifs is 2. The van der Waals surface area contributed by atoms with E-state index >= 15 is 0 Å². The molecular formula is C17H13NO. The lowest BCUT2D eigenvalue weighted by molar-refractivity contribution is -0.115. The fourth-order valence-corrected chi connectivity index (χ4v) is 2.82. The summed E-state index contributed by atoms with van der Waals surface area (Å²) in [5.41, 5.74) is 7.10. The van der Waals surface area contributed by atoms with E-state index in [1.54, 1.807) is 0 Å². The van der Waals surface area contributed by atoms with E-state index in [9.17, 15) is 4.79 Å². The lowest BCUT2D eigenvalue weighted by atomic mass is 9.99. The molecule has 1 aliphatic heterocycles. The van der Waals surface area contributed by atoms with Crippen LogP contribution in [0.3, 0.4) is 0 Å². The van der Waals surface area contributed by atoms with E-state index in [0.717, 1.165) is 23.2 Å². The van der Waals surface area contributed by atoms with E-state index in [2.05, 4.69) is 47.8 Å². The van der Waals surface area contributed by atoms with Gasteiger partial charge < -0.3 is 5.32 Å². The van der Waals surface area contributed by atoms with Gasteiger partial charge in [-0.3, -0.25) is 4.79 Å². The van der Waals surface area contributed by atoms with Crippen molar-refractivity contribution in [1.82, 2.24) is 0 Å². The second-order valence-corrected chi connectivity index (χ2v) is 5.12. The zero-order valence-corrected chi connectivity index (χ0v) is 10.4. The van der Waals surface area contributed by atoms with Gasteiger partial charge in [0.1, 0.15) is 0 Å². The molecule has 0 bridgehead atoms. The Kier molecular flexibility index (Phi) is 2.12.